The summed E-state index contributed by atoms with van der Waals surface area (Å²) in [7, 11) is -3.38. The number of hydrogen-bond acceptors (Lipinski definition) is 5. The highest BCUT2D eigenvalue weighted by molar-refractivity contribution is 7.93. The van der Waals surface area contributed by atoms with Crippen LogP contribution >= 0.6 is 0 Å². The van der Waals surface area contributed by atoms with Crippen molar-refractivity contribution < 1.29 is 8.42 Å². The zero-order valence-electron chi connectivity index (χ0n) is 9.34. The maximum atomic E-state index is 11.8. The Labute approximate surface area is 95.6 Å². The van der Waals surface area contributed by atoms with E-state index in [9.17, 15) is 8.42 Å². The lowest BCUT2D eigenvalue weighted by Crippen LogP contribution is -2.34. The predicted octanol–water partition coefficient (Wildman–Crippen LogP) is 0.216. The lowest BCUT2D eigenvalue weighted by atomic mass is 10.5. The zero-order valence-corrected chi connectivity index (χ0v) is 10.2. The number of hydrogen-bond donors (Lipinski definition) is 2. The van der Waals surface area contributed by atoms with Crippen molar-refractivity contribution in [1.29, 1.82) is 0 Å². The highest BCUT2D eigenvalue weighted by Gasteiger charge is 2.19. The van der Waals surface area contributed by atoms with Crippen LogP contribution in [0.2, 0.25) is 0 Å². The first-order valence-electron chi connectivity index (χ1n) is 5.03. The van der Waals surface area contributed by atoms with Gasteiger partial charge in [-0.3, -0.25) is 4.72 Å². The molecule has 0 aliphatic carbocycles. The van der Waals surface area contributed by atoms with Gasteiger partial charge in [-0.1, -0.05) is 6.92 Å². The Kier molecular flexibility index (Phi) is 4.63. The fourth-order valence-corrected chi connectivity index (χ4v) is 2.05. The normalized spacial score (nSPS) is 13.4. The van der Waals surface area contributed by atoms with Gasteiger partial charge in [0.1, 0.15) is 6.33 Å². The Bertz CT molecular complexity index is 407. The number of anilines is 1. The topological polar surface area (TPSA) is 84.0 Å². The second-order valence-electron chi connectivity index (χ2n) is 3.39. The molecule has 0 fully saturated rings. The van der Waals surface area contributed by atoms with Crippen molar-refractivity contribution in [1.82, 2.24) is 15.3 Å². The minimum absolute atomic E-state index is 0.380. The van der Waals surface area contributed by atoms with Crippen LogP contribution < -0.4 is 10.0 Å². The van der Waals surface area contributed by atoms with Crippen molar-refractivity contribution in [2.45, 2.75) is 19.1 Å². The predicted molar refractivity (Wildman–Crippen MR) is 62.6 cm³/mol. The first kappa shape index (κ1) is 12.9. The van der Waals surface area contributed by atoms with Gasteiger partial charge in [0.05, 0.1) is 23.3 Å². The first-order valence-corrected chi connectivity index (χ1v) is 6.58. The van der Waals surface area contributed by atoms with Gasteiger partial charge in [0, 0.05) is 6.54 Å². The summed E-state index contributed by atoms with van der Waals surface area (Å²) >= 11 is 0. The molecule has 1 aromatic rings. The molecule has 16 heavy (non-hydrogen) atoms. The highest BCUT2D eigenvalue weighted by Crippen LogP contribution is 2.08. The molecule has 0 aliphatic heterocycles. The van der Waals surface area contributed by atoms with Crippen molar-refractivity contribution >= 4 is 15.7 Å². The highest BCUT2D eigenvalue weighted by atomic mass is 32.2. The van der Waals surface area contributed by atoms with Crippen LogP contribution in [-0.4, -0.2) is 36.7 Å². The smallest absolute Gasteiger partial charge is 0.236 e. The third-order valence-corrected chi connectivity index (χ3v) is 3.78. The van der Waals surface area contributed by atoms with Gasteiger partial charge >= 0.3 is 0 Å². The molecular formula is C9H16N4O2S. The number of sulfonamides is 1. The molecule has 1 rings (SSSR count). The van der Waals surface area contributed by atoms with Gasteiger partial charge in [-0.15, -0.1) is 0 Å². The van der Waals surface area contributed by atoms with E-state index >= 15 is 0 Å². The summed E-state index contributed by atoms with van der Waals surface area (Å²) in [5, 5.41) is 2.48. The van der Waals surface area contributed by atoms with E-state index in [4.69, 9.17) is 0 Å². The van der Waals surface area contributed by atoms with Gasteiger partial charge in [-0.2, -0.15) is 0 Å². The molecule has 0 saturated carbocycles. The summed E-state index contributed by atoms with van der Waals surface area (Å²) in [5.41, 5.74) is 0.380. The second-order valence-corrected chi connectivity index (χ2v) is 5.49. The Hall–Kier alpha value is -1.21. The molecule has 0 amide bonds. The van der Waals surface area contributed by atoms with Crippen molar-refractivity contribution in [2.24, 2.45) is 0 Å². The van der Waals surface area contributed by atoms with E-state index in [0.29, 0.717) is 12.2 Å². The quantitative estimate of drug-likeness (QED) is 0.747. The fourth-order valence-electron chi connectivity index (χ4n) is 1.07. The largest absolute Gasteiger partial charge is 0.316 e. The Balaban J connectivity index is 2.65. The number of rotatable bonds is 6. The van der Waals surface area contributed by atoms with Gasteiger partial charge in [0.15, 0.2) is 0 Å². The van der Waals surface area contributed by atoms with E-state index in [1.807, 2.05) is 6.92 Å². The molecule has 90 valence electrons. The molecule has 0 aliphatic rings. The molecule has 0 radical (unpaired) electrons. The number of nitrogens with one attached hydrogen (secondary N) is 2. The third kappa shape index (κ3) is 3.74. The monoisotopic (exact) mass is 244 g/mol. The van der Waals surface area contributed by atoms with E-state index in [2.05, 4.69) is 20.0 Å². The van der Waals surface area contributed by atoms with Crippen LogP contribution in [0.1, 0.15) is 13.8 Å². The Morgan fingerprint density at radius 2 is 2.00 bits per heavy atom. The molecule has 0 spiro atoms. The molecule has 1 unspecified atom stereocenters. The zero-order chi connectivity index (χ0) is 12.0. The Morgan fingerprint density at radius 3 is 2.56 bits per heavy atom. The second kappa shape index (κ2) is 5.76. The van der Waals surface area contributed by atoms with Crippen molar-refractivity contribution in [3.05, 3.63) is 18.7 Å². The van der Waals surface area contributed by atoms with Crippen LogP contribution in [0.3, 0.4) is 0 Å². The molecule has 1 aromatic heterocycles. The molecule has 7 heteroatoms. The number of aromatic nitrogens is 2. The van der Waals surface area contributed by atoms with Crippen LogP contribution in [0, 0.1) is 0 Å². The molecule has 2 N–H and O–H groups in total. The standard InChI is InChI=1S/C9H16N4O2S/c1-3-10-4-8(2)16(14,15)13-9-5-11-7-12-6-9/h5-8,10,13H,3-4H2,1-2H3. The van der Waals surface area contributed by atoms with E-state index in [-0.39, 0.29) is 0 Å². The summed E-state index contributed by atoms with van der Waals surface area (Å²) in [6.45, 7) is 4.74. The van der Waals surface area contributed by atoms with E-state index in [1.54, 1.807) is 6.92 Å². The fraction of sp³-hybridized carbons (Fsp3) is 0.556. The van der Waals surface area contributed by atoms with Crippen LogP contribution in [0.5, 0.6) is 0 Å². The van der Waals surface area contributed by atoms with Gasteiger partial charge in [0.25, 0.3) is 0 Å². The molecule has 0 aromatic carbocycles. The van der Waals surface area contributed by atoms with Crippen LogP contribution in [0.15, 0.2) is 18.7 Å². The summed E-state index contributed by atoms with van der Waals surface area (Å²) in [5.74, 6) is 0. The van der Waals surface area contributed by atoms with Crippen molar-refractivity contribution in [3.63, 3.8) is 0 Å². The van der Waals surface area contributed by atoms with Gasteiger partial charge < -0.3 is 5.32 Å². The van der Waals surface area contributed by atoms with Gasteiger partial charge in [-0.25, -0.2) is 18.4 Å². The Morgan fingerprint density at radius 1 is 1.38 bits per heavy atom. The average molecular weight is 244 g/mol. The van der Waals surface area contributed by atoms with Crippen LogP contribution in [-0.2, 0) is 10.0 Å². The van der Waals surface area contributed by atoms with E-state index in [1.165, 1.54) is 18.7 Å². The number of nitrogens with zero attached hydrogens (tertiary/aromatic N) is 2. The van der Waals surface area contributed by atoms with Crippen molar-refractivity contribution in [2.75, 3.05) is 17.8 Å². The van der Waals surface area contributed by atoms with Gasteiger partial charge in [-0.05, 0) is 13.5 Å². The molecule has 0 saturated heterocycles. The van der Waals surface area contributed by atoms with E-state index in [0.717, 1.165) is 6.54 Å². The van der Waals surface area contributed by atoms with Crippen LogP contribution in [0.4, 0.5) is 5.69 Å². The average Bonchev–Trinajstić information content (AvgIpc) is 2.26. The lowest BCUT2D eigenvalue weighted by Gasteiger charge is -2.14. The van der Waals surface area contributed by atoms with Crippen molar-refractivity contribution in [3.8, 4) is 0 Å². The summed E-state index contributed by atoms with van der Waals surface area (Å²) in [4.78, 5) is 7.47. The molecule has 1 heterocycles. The summed E-state index contributed by atoms with van der Waals surface area (Å²) < 4.78 is 26.0. The lowest BCUT2D eigenvalue weighted by molar-refractivity contribution is 0.579. The van der Waals surface area contributed by atoms with E-state index < -0.39 is 15.3 Å². The SMILES string of the molecule is CCNCC(C)S(=O)(=O)Nc1cncnc1. The maximum Gasteiger partial charge on any atom is 0.236 e. The minimum atomic E-state index is -3.38. The molecular weight excluding hydrogens is 228 g/mol. The molecule has 1 atom stereocenters. The molecule has 0 bridgehead atoms. The third-order valence-electron chi connectivity index (χ3n) is 2.03. The minimum Gasteiger partial charge on any atom is -0.316 e. The molecule has 6 nitrogen and oxygen atoms in total. The van der Waals surface area contributed by atoms with Gasteiger partial charge in [0.2, 0.25) is 10.0 Å². The first-order chi connectivity index (χ1) is 7.56. The summed E-state index contributed by atoms with van der Waals surface area (Å²) in [6, 6.07) is 0. The van der Waals surface area contributed by atoms with Crippen LogP contribution in [0.25, 0.3) is 0 Å². The summed E-state index contributed by atoms with van der Waals surface area (Å²) in [6.07, 6.45) is 4.19. The maximum absolute atomic E-state index is 11.8.